The molecule has 0 aliphatic rings. The van der Waals surface area contributed by atoms with Crippen molar-refractivity contribution in [1.82, 2.24) is 0 Å². The fourth-order valence-corrected chi connectivity index (χ4v) is 1.19. The first-order valence-electron chi connectivity index (χ1n) is 4.94. The highest BCUT2D eigenvalue weighted by atomic mass is 16.4. The number of carboxylic acid groups (broad SMARTS) is 1. The van der Waals surface area contributed by atoms with Crippen LogP contribution in [0, 0.1) is 6.42 Å². The van der Waals surface area contributed by atoms with Crippen LogP contribution in [0.2, 0.25) is 0 Å². The van der Waals surface area contributed by atoms with Gasteiger partial charge in [0.05, 0.1) is 6.42 Å². The molecule has 0 saturated carbocycles. The van der Waals surface area contributed by atoms with Gasteiger partial charge in [0, 0.05) is 6.61 Å². The molecule has 0 rings (SSSR count). The van der Waals surface area contributed by atoms with E-state index in [2.05, 4.69) is 0 Å². The Hall–Kier alpha value is -0.570. The van der Waals surface area contributed by atoms with Gasteiger partial charge in [0.2, 0.25) is 0 Å². The van der Waals surface area contributed by atoms with Crippen molar-refractivity contribution >= 4 is 5.97 Å². The normalized spacial score (nSPS) is 10.2. The van der Waals surface area contributed by atoms with Crippen LogP contribution in [0.25, 0.3) is 0 Å². The van der Waals surface area contributed by atoms with Gasteiger partial charge < -0.3 is 10.2 Å². The van der Waals surface area contributed by atoms with Crippen molar-refractivity contribution in [1.29, 1.82) is 0 Å². The Bertz CT molecular complexity index is 123. The minimum Gasteiger partial charge on any atom is -0.481 e. The monoisotopic (exact) mass is 187 g/mol. The Morgan fingerprint density at radius 3 is 2.08 bits per heavy atom. The third-order valence-electron chi connectivity index (χ3n) is 1.93. The van der Waals surface area contributed by atoms with Crippen LogP contribution < -0.4 is 0 Å². The van der Waals surface area contributed by atoms with Crippen LogP contribution in [0.4, 0.5) is 0 Å². The van der Waals surface area contributed by atoms with E-state index in [-0.39, 0.29) is 6.61 Å². The summed E-state index contributed by atoms with van der Waals surface area (Å²) in [6, 6.07) is 0. The zero-order valence-corrected chi connectivity index (χ0v) is 8.04. The molecule has 0 spiro atoms. The third-order valence-corrected chi connectivity index (χ3v) is 1.93. The number of unbranched alkanes of at least 4 members (excludes halogenated alkanes) is 6. The summed E-state index contributed by atoms with van der Waals surface area (Å²) in [5.41, 5.74) is 0. The predicted octanol–water partition coefficient (Wildman–Crippen LogP) is 2.00. The van der Waals surface area contributed by atoms with Gasteiger partial charge in [-0.2, -0.15) is 0 Å². The Kier molecular flexibility index (Phi) is 9.10. The van der Waals surface area contributed by atoms with Gasteiger partial charge in [-0.25, -0.2) is 0 Å². The summed E-state index contributed by atoms with van der Waals surface area (Å²) in [7, 11) is 0. The third kappa shape index (κ3) is 11.4. The highest BCUT2D eigenvalue weighted by molar-refractivity contribution is 5.76. The largest absolute Gasteiger partial charge is 0.481 e. The van der Waals surface area contributed by atoms with Gasteiger partial charge in [0.25, 0.3) is 0 Å². The van der Waals surface area contributed by atoms with Crippen LogP contribution >= 0.6 is 0 Å². The quantitative estimate of drug-likeness (QED) is 0.543. The topological polar surface area (TPSA) is 57.5 Å². The fourth-order valence-electron chi connectivity index (χ4n) is 1.19. The Morgan fingerprint density at radius 1 is 1.00 bits per heavy atom. The van der Waals surface area contributed by atoms with E-state index in [9.17, 15) is 4.79 Å². The molecule has 3 heteroatoms. The molecule has 3 nitrogen and oxygen atoms in total. The van der Waals surface area contributed by atoms with Gasteiger partial charge >= 0.3 is 5.97 Å². The summed E-state index contributed by atoms with van der Waals surface area (Å²) >= 11 is 0. The van der Waals surface area contributed by atoms with Crippen LogP contribution in [0.1, 0.15) is 44.9 Å². The number of hydrogen-bond donors (Lipinski definition) is 2. The van der Waals surface area contributed by atoms with E-state index in [0.717, 1.165) is 38.5 Å². The summed E-state index contributed by atoms with van der Waals surface area (Å²) < 4.78 is 0. The van der Waals surface area contributed by atoms with E-state index in [1.165, 1.54) is 6.42 Å². The molecule has 0 aliphatic carbocycles. The van der Waals surface area contributed by atoms with Gasteiger partial charge in [-0.1, -0.05) is 32.1 Å². The SMILES string of the molecule is O=C(O)[CH]CCCCCCCCO. The number of carbonyl (C=O) groups is 1. The van der Waals surface area contributed by atoms with E-state index < -0.39 is 5.97 Å². The zero-order valence-electron chi connectivity index (χ0n) is 8.04. The van der Waals surface area contributed by atoms with Gasteiger partial charge in [0.15, 0.2) is 0 Å². The van der Waals surface area contributed by atoms with E-state index in [1.54, 1.807) is 0 Å². The lowest BCUT2D eigenvalue weighted by atomic mass is 10.1. The molecule has 0 saturated heterocycles. The van der Waals surface area contributed by atoms with Crippen molar-refractivity contribution in [2.24, 2.45) is 0 Å². The highest BCUT2D eigenvalue weighted by Crippen LogP contribution is 2.07. The summed E-state index contributed by atoms with van der Waals surface area (Å²) in [5.74, 6) is -0.819. The summed E-state index contributed by atoms with van der Waals surface area (Å²) in [6.45, 7) is 0.285. The maximum atomic E-state index is 10.1. The standard InChI is InChI=1S/C10H19O3/c11-9-7-5-3-1-2-4-6-8-10(12)13/h8,11H,1-7,9H2,(H,12,13). The first kappa shape index (κ1) is 12.4. The van der Waals surface area contributed by atoms with Gasteiger partial charge in [-0.05, 0) is 12.8 Å². The summed E-state index contributed by atoms with van der Waals surface area (Å²) in [5, 5.41) is 16.8. The molecule has 77 valence electrons. The van der Waals surface area contributed by atoms with Gasteiger partial charge in [-0.3, -0.25) is 4.79 Å². The first-order chi connectivity index (χ1) is 6.27. The number of aliphatic carboxylic acids is 1. The Balaban J connectivity index is 2.87. The minimum atomic E-state index is -0.819. The average molecular weight is 187 g/mol. The van der Waals surface area contributed by atoms with Crippen molar-refractivity contribution in [2.45, 2.75) is 44.9 Å². The molecule has 0 aliphatic heterocycles. The molecule has 0 amide bonds. The number of rotatable bonds is 9. The van der Waals surface area contributed by atoms with Crippen molar-refractivity contribution in [3.05, 3.63) is 6.42 Å². The molecule has 0 atom stereocenters. The lowest BCUT2D eigenvalue weighted by Gasteiger charge is -1.99. The van der Waals surface area contributed by atoms with Crippen molar-refractivity contribution in [3.63, 3.8) is 0 Å². The lowest BCUT2D eigenvalue weighted by Crippen LogP contribution is -1.94. The molecular weight excluding hydrogens is 168 g/mol. The molecular formula is C10H19O3. The van der Waals surface area contributed by atoms with Gasteiger partial charge in [-0.15, -0.1) is 0 Å². The maximum Gasteiger partial charge on any atom is 0.307 e. The minimum absolute atomic E-state index is 0.285. The van der Waals surface area contributed by atoms with Crippen LogP contribution in [0.15, 0.2) is 0 Å². The van der Waals surface area contributed by atoms with Gasteiger partial charge in [0.1, 0.15) is 0 Å². The highest BCUT2D eigenvalue weighted by Gasteiger charge is 1.96. The second kappa shape index (κ2) is 9.52. The number of aliphatic hydroxyl groups is 1. The molecule has 0 aromatic carbocycles. The molecule has 2 N–H and O–H groups in total. The summed E-state index contributed by atoms with van der Waals surface area (Å²) in [6.07, 6.45) is 8.31. The lowest BCUT2D eigenvalue weighted by molar-refractivity contribution is -0.133. The smallest absolute Gasteiger partial charge is 0.307 e. The number of carboxylic acids is 1. The zero-order chi connectivity index (χ0) is 9.94. The maximum absolute atomic E-state index is 10.1. The van der Waals surface area contributed by atoms with Crippen LogP contribution in [-0.4, -0.2) is 22.8 Å². The number of hydrogen-bond acceptors (Lipinski definition) is 2. The van der Waals surface area contributed by atoms with Crippen molar-refractivity contribution < 1.29 is 15.0 Å². The molecule has 0 fully saturated rings. The van der Waals surface area contributed by atoms with Crippen LogP contribution in [0.5, 0.6) is 0 Å². The van der Waals surface area contributed by atoms with Crippen LogP contribution in [-0.2, 0) is 4.79 Å². The number of aliphatic hydroxyl groups excluding tert-OH is 1. The van der Waals surface area contributed by atoms with E-state index in [1.807, 2.05) is 0 Å². The molecule has 0 bridgehead atoms. The molecule has 0 aromatic heterocycles. The fraction of sp³-hybridized carbons (Fsp3) is 0.800. The van der Waals surface area contributed by atoms with E-state index >= 15 is 0 Å². The van der Waals surface area contributed by atoms with E-state index in [0.29, 0.717) is 6.42 Å². The second-order valence-corrected chi connectivity index (χ2v) is 3.18. The Morgan fingerprint density at radius 2 is 1.54 bits per heavy atom. The van der Waals surface area contributed by atoms with Crippen molar-refractivity contribution in [2.75, 3.05) is 6.61 Å². The predicted molar refractivity (Wildman–Crippen MR) is 51.3 cm³/mol. The average Bonchev–Trinajstić information content (AvgIpc) is 2.09. The molecule has 1 radical (unpaired) electrons. The molecule has 0 heterocycles. The molecule has 13 heavy (non-hydrogen) atoms. The summed E-state index contributed by atoms with van der Waals surface area (Å²) in [4.78, 5) is 10.1. The molecule has 0 unspecified atom stereocenters. The van der Waals surface area contributed by atoms with E-state index in [4.69, 9.17) is 10.2 Å². The Labute approximate surface area is 79.8 Å². The van der Waals surface area contributed by atoms with Crippen molar-refractivity contribution in [3.8, 4) is 0 Å². The second-order valence-electron chi connectivity index (χ2n) is 3.18. The van der Waals surface area contributed by atoms with Crippen LogP contribution in [0.3, 0.4) is 0 Å². The first-order valence-corrected chi connectivity index (χ1v) is 4.94. The molecule has 0 aromatic rings.